The molecule has 104 valence electrons. The van der Waals surface area contributed by atoms with Crippen molar-refractivity contribution in [3.05, 3.63) is 15.9 Å². The summed E-state index contributed by atoms with van der Waals surface area (Å²) in [5.74, 6) is 0.764. The topological polar surface area (TPSA) is 29.9 Å². The van der Waals surface area contributed by atoms with E-state index in [1.807, 2.05) is 11.7 Å². The number of nitrogens with one attached hydrogen (secondary N) is 1. The van der Waals surface area contributed by atoms with Gasteiger partial charge in [0.25, 0.3) is 0 Å². The van der Waals surface area contributed by atoms with E-state index in [0.29, 0.717) is 6.04 Å². The predicted octanol–water partition coefficient (Wildman–Crippen LogP) is 3.31. The molecule has 1 N–H and O–H groups in total. The van der Waals surface area contributed by atoms with Crippen LogP contribution in [0.2, 0.25) is 0 Å². The van der Waals surface area contributed by atoms with Gasteiger partial charge in [-0.2, -0.15) is 5.10 Å². The zero-order valence-corrected chi connectivity index (χ0v) is 13.8. The van der Waals surface area contributed by atoms with E-state index < -0.39 is 0 Å². The highest BCUT2D eigenvalue weighted by Gasteiger charge is 2.18. The minimum atomic E-state index is 0.524. The molecule has 0 aromatic carbocycles. The number of hydrogen-bond acceptors (Lipinski definition) is 2. The molecule has 0 aliphatic heterocycles. The number of likely N-dealkylation sites (N-methyl/N-ethyl adjacent to an activating group) is 1. The molecule has 0 saturated heterocycles. The maximum atomic E-state index is 4.56. The SMILES string of the molecule is CCc1nn(C)c(CC(CC(C)CC)NC)c1Br. The van der Waals surface area contributed by atoms with Crippen LogP contribution in [0.5, 0.6) is 0 Å². The maximum Gasteiger partial charge on any atom is 0.0766 e. The molecule has 0 saturated carbocycles. The molecule has 2 atom stereocenters. The molecule has 0 bridgehead atoms. The minimum Gasteiger partial charge on any atom is -0.317 e. The summed E-state index contributed by atoms with van der Waals surface area (Å²) in [6.45, 7) is 6.72. The summed E-state index contributed by atoms with van der Waals surface area (Å²) in [4.78, 5) is 0. The van der Waals surface area contributed by atoms with E-state index >= 15 is 0 Å². The van der Waals surface area contributed by atoms with Crippen LogP contribution in [0.15, 0.2) is 4.47 Å². The zero-order valence-electron chi connectivity index (χ0n) is 12.3. The molecule has 3 nitrogen and oxygen atoms in total. The van der Waals surface area contributed by atoms with E-state index in [1.165, 1.54) is 23.0 Å². The van der Waals surface area contributed by atoms with Crippen LogP contribution in [-0.4, -0.2) is 22.9 Å². The summed E-state index contributed by atoms with van der Waals surface area (Å²) in [5, 5.41) is 7.99. The summed E-state index contributed by atoms with van der Waals surface area (Å²) >= 11 is 3.69. The molecule has 0 aliphatic rings. The molecular weight excluding hydrogens is 290 g/mol. The molecule has 0 aliphatic carbocycles. The molecule has 4 heteroatoms. The summed E-state index contributed by atoms with van der Waals surface area (Å²) in [5.41, 5.74) is 2.46. The molecular formula is C14H26BrN3. The standard InChI is InChI=1S/C14H26BrN3/c1-6-10(3)8-11(16-4)9-13-14(15)12(7-2)17-18(13)5/h10-11,16H,6-9H2,1-5H3. The van der Waals surface area contributed by atoms with Crippen molar-refractivity contribution in [3.63, 3.8) is 0 Å². The second-order valence-corrected chi connectivity index (χ2v) is 5.92. The highest BCUT2D eigenvalue weighted by atomic mass is 79.9. The molecule has 1 rings (SSSR count). The predicted molar refractivity (Wildman–Crippen MR) is 80.9 cm³/mol. The van der Waals surface area contributed by atoms with Gasteiger partial charge in [-0.3, -0.25) is 4.68 Å². The number of halogens is 1. The normalized spacial score (nSPS) is 14.8. The zero-order chi connectivity index (χ0) is 13.7. The Bertz CT molecular complexity index is 373. The quantitative estimate of drug-likeness (QED) is 0.836. The fourth-order valence-corrected chi connectivity index (χ4v) is 3.01. The van der Waals surface area contributed by atoms with E-state index in [4.69, 9.17) is 0 Å². The van der Waals surface area contributed by atoms with Gasteiger partial charge < -0.3 is 5.32 Å². The lowest BCUT2D eigenvalue weighted by Crippen LogP contribution is -2.30. The molecule has 0 radical (unpaired) electrons. The van der Waals surface area contributed by atoms with Gasteiger partial charge in [-0.15, -0.1) is 0 Å². The molecule has 1 aromatic rings. The van der Waals surface area contributed by atoms with Crippen LogP contribution >= 0.6 is 15.9 Å². The van der Waals surface area contributed by atoms with Gasteiger partial charge in [-0.25, -0.2) is 0 Å². The number of aryl methyl sites for hydroxylation is 2. The van der Waals surface area contributed by atoms with Crippen LogP contribution in [0.1, 0.15) is 45.0 Å². The van der Waals surface area contributed by atoms with Crippen molar-refractivity contribution in [2.24, 2.45) is 13.0 Å². The van der Waals surface area contributed by atoms with Gasteiger partial charge in [0.05, 0.1) is 15.9 Å². The minimum absolute atomic E-state index is 0.524. The van der Waals surface area contributed by atoms with Crippen LogP contribution in [0, 0.1) is 5.92 Å². The lowest BCUT2D eigenvalue weighted by Gasteiger charge is -2.20. The Morgan fingerprint density at radius 1 is 1.39 bits per heavy atom. The van der Waals surface area contributed by atoms with Gasteiger partial charge in [0, 0.05) is 19.5 Å². The second kappa shape index (κ2) is 7.29. The first-order valence-corrected chi connectivity index (χ1v) is 7.70. The van der Waals surface area contributed by atoms with Crippen molar-refractivity contribution in [1.82, 2.24) is 15.1 Å². The first kappa shape index (κ1) is 15.7. The third-order valence-corrected chi connectivity index (χ3v) is 4.65. The summed E-state index contributed by atoms with van der Waals surface area (Å²) < 4.78 is 3.21. The van der Waals surface area contributed by atoms with Gasteiger partial charge in [0.15, 0.2) is 0 Å². The first-order chi connectivity index (χ1) is 8.53. The molecule has 0 amide bonds. The highest BCUT2D eigenvalue weighted by molar-refractivity contribution is 9.10. The van der Waals surface area contributed by atoms with E-state index in [0.717, 1.165) is 24.5 Å². The Kier molecular flexibility index (Phi) is 6.36. The summed E-state index contributed by atoms with van der Waals surface area (Å²) in [6.07, 6.45) is 4.46. The largest absolute Gasteiger partial charge is 0.317 e. The molecule has 2 unspecified atom stereocenters. The van der Waals surface area contributed by atoms with Gasteiger partial charge >= 0.3 is 0 Å². The van der Waals surface area contributed by atoms with Crippen LogP contribution in [0.25, 0.3) is 0 Å². The van der Waals surface area contributed by atoms with E-state index in [-0.39, 0.29) is 0 Å². The summed E-state index contributed by atoms with van der Waals surface area (Å²) in [7, 11) is 4.09. The molecule has 18 heavy (non-hydrogen) atoms. The van der Waals surface area contributed by atoms with Crippen molar-refractivity contribution in [1.29, 1.82) is 0 Å². The smallest absolute Gasteiger partial charge is 0.0766 e. The number of rotatable bonds is 7. The fourth-order valence-electron chi connectivity index (χ4n) is 2.23. The van der Waals surface area contributed by atoms with E-state index in [2.05, 4.69) is 54.2 Å². The lowest BCUT2D eigenvalue weighted by atomic mass is 9.96. The Hall–Kier alpha value is -0.350. The van der Waals surface area contributed by atoms with Gasteiger partial charge in [0.1, 0.15) is 0 Å². The van der Waals surface area contributed by atoms with Crippen LogP contribution in [0.3, 0.4) is 0 Å². The highest BCUT2D eigenvalue weighted by Crippen LogP contribution is 2.24. The average molecular weight is 316 g/mol. The Morgan fingerprint density at radius 2 is 2.06 bits per heavy atom. The van der Waals surface area contributed by atoms with Crippen molar-refractivity contribution in [2.75, 3.05) is 7.05 Å². The van der Waals surface area contributed by atoms with Gasteiger partial charge in [0.2, 0.25) is 0 Å². The monoisotopic (exact) mass is 315 g/mol. The van der Waals surface area contributed by atoms with Crippen molar-refractivity contribution < 1.29 is 0 Å². The van der Waals surface area contributed by atoms with Gasteiger partial charge in [-0.1, -0.05) is 27.2 Å². The first-order valence-electron chi connectivity index (χ1n) is 6.90. The molecule has 0 fully saturated rings. The lowest BCUT2D eigenvalue weighted by molar-refractivity contribution is 0.404. The third-order valence-electron chi connectivity index (χ3n) is 3.73. The van der Waals surface area contributed by atoms with Crippen molar-refractivity contribution >= 4 is 15.9 Å². The Balaban J connectivity index is 2.78. The van der Waals surface area contributed by atoms with E-state index in [9.17, 15) is 0 Å². The maximum absolute atomic E-state index is 4.56. The van der Waals surface area contributed by atoms with Crippen LogP contribution < -0.4 is 5.32 Å². The Morgan fingerprint density at radius 3 is 2.50 bits per heavy atom. The number of aromatic nitrogens is 2. The number of hydrogen-bond donors (Lipinski definition) is 1. The molecule has 0 spiro atoms. The van der Waals surface area contributed by atoms with E-state index in [1.54, 1.807) is 0 Å². The number of nitrogens with zero attached hydrogens (tertiary/aromatic N) is 2. The van der Waals surface area contributed by atoms with Crippen LogP contribution in [0.4, 0.5) is 0 Å². The average Bonchev–Trinajstić information content (AvgIpc) is 2.64. The summed E-state index contributed by atoms with van der Waals surface area (Å²) in [6, 6.07) is 0.524. The van der Waals surface area contributed by atoms with Gasteiger partial charge in [-0.05, 0) is 41.7 Å². The molecule has 1 aromatic heterocycles. The Labute approximate surface area is 119 Å². The third kappa shape index (κ3) is 3.82. The van der Waals surface area contributed by atoms with Crippen molar-refractivity contribution in [2.45, 2.75) is 52.5 Å². The second-order valence-electron chi connectivity index (χ2n) is 5.12. The van der Waals surface area contributed by atoms with Crippen LogP contribution in [-0.2, 0) is 19.9 Å². The fraction of sp³-hybridized carbons (Fsp3) is 0.786. The van der Waals surface area contributed by atoms with Crippen molar-refractivity contribution in [3.8, 4) is 0 Å². The molecule has 1 heterocycles.